The molecule has 2 heterocycles. The summed E-state index contributed by atoms with van der Waals surface area (Å²) in [7, 11) is 1.27. The summed E-state index contributed by atoms with van der Waals surface area (Å²) in [5.41, 5.74) is -2.78. The number of aromatic nitrogens is 2. The number of aromatic amines is 1. The molecule has 8 nitrogen and oxygen atoms in total. The van der Waals surface area contributed by atoms with Crippen LogP contribution in [0.25, 0.3) is 16.6 Å². The molecule has 0 spiro atoms. The Bertz CT molecular complexity index is 1600. The van der Waals surface area contributed by atoms with Crippen molar-refractivity contribution in [1.29, 1.82) is 0 Å². The van der Waals surface area contributed by atoms with Gasteiger partial charge in [0.05, 0.1) is 34.2 Å². The van der Waals surface area contributed by atoms with Crippen molar-refractivity contribution in [3.63, 3.8) is 0 Å². The first-order valence-corrected chi connectivity index (χ1v) is 11.8. The lowest BCUT2D eigenvalue weighted by Crippen LogP contribution is -2.34. The van der Waals surface area contributed by atoms with Crippen LogP contribution in [-0.4, -0.2) is 34.0 Å². The number of fused-ring (bicyclic) bond motifs is 1. The molecule has 0 aliphatic rings. The lowest BCUT2D eigenvalue weighted by atomic mass is 10.2. The number of thiophene rings is 1. The minimum atomic E-state index is -1.38. The highest BCUT2D eigenvalue weighted by Crippen LogP contribution is 2.34. The van der Waals surface area contributed by atoms with Crippen molar-refractivity contribution in [2.75, 3.05) is 13.4 Å². The fourth-order valence-corrected chi connectivity index (χ4v) is 4.80. The predicted octanol–water partition coefficient (Wildman–Crippen LogP) is 4.17. The predicted molar refractivity (Wildman–Crippen MR) is 124 cm³/mol. The normalized spacial score (nSPS) is 11.1. The number of thioether (sulfide) groups is 1. The molecule has 4 rings (SSSR count). The first kappa shape index (κ1) is 24.4. The lowest BCUT2D eigenvalue weighted by molar-refractivity contribution is 0.0704. The summed E-state index contributed by atoms with van der Waals surface area (Å²) < 4.78 is 54.2. The second-order valence-electron chi connectivity index (χ2n) is 7.01. The molecular formula is C22H15F3N2O6S2. The van der Waals surface area contributed by atoms with E-state index in [-0.39, 0.29) is 37.7 Å². The molecule has 13 heteroatoms. The van der Waals surface area contributed by atoms with E-state index in [1.807, 2.05) is 0 Å². The molecule has 0 saturated heterocycles. The van der Waals surface area contributed by atoms with Gasteiger partial charge in [0.25, 0.3) is 5.56 Å². The van der Waals surface area contributed by atoms with Gasteiger partial charge in [-0.25, -0.2) is 27.3 Å². The number of aromatic carboxylic acids is 1. The van der Waals surface area contributed by atoms with Gasteiger partial charge in [0.15, 0.2) is 11.6 Å². The molecule has 0 aliphatic carbocycles. The number of benzene rings is 2. The number of nitrogens with one attached hydrogen (secondary N) is 1. The zero-order chi connectivity index (χ0) is 25.4. The molecule has 4 aromatic rings. The molecular weight excluding hydrogens is 509 g/mol. The number of carboxylic acids is 1. The van der Waals surface area contributed by atoms with Crippen LogP contribution in [0.4, 0.5) is 13.2 Å². The highest BCUT2D eigenvalue weighted by Gasteiger charge is 2.22. The summed E-state index contributed by atoms with van der Waals surface area (Å²) in [4.78, 5) is 39.5. The van der Waals surface area contributed by atoms with Gasteiger partial charge in [-0.15, -0.1) is 23.1 Å². The van der Waals surface area contributed by atoms with Gasteiger partial charge in [0, 0.05) is 11.4 Å². The van der Waals surface area contributed by atoms with E-state index in [0.717, 1.165) is 41.3 Å². The third-order valence-corrected chi connectivity index (χ3v) is 6.79. The van der Waals surface area contributed by atoms with Crippen LogP contribution in [0.1, 0.15) is 15.2 Å². The number of H-pyrrole nitrogens is 1. The summed E-state index contributed by atoms with van der Waals surface area (Å²) >= 11 is 1.81. The van der Waals surface area contributed by atoms with Crippen molar-refractivity contribution < 1.29 is 32.5 Å². The topological polar surface area (TPSA) is 111 Å². The van der Waals surface area contributed by atoms with Gasteiger partial charge in [-0.3, -0.25) is 4.79 Å². The van der Waals surface area contributed by atoms with E-state index in [2.05, 4.69) is 4.98 Å². The SMILES string of the molecule is COc1ccc(F)c(F)c1COc1cc(-n2c(=O)[nH]c3csc(C(=O)O)c3c2=O)c(F)cc1SC. The Morgan fingerprint density at radius 1 is 1.17 bits per heavy atom. The van der Waals surface area contributed by atoms with Gasteiger partial charge >= 0.3 is 11.7 Å². The van der Waals surface area contributed by atoms with Crippen LogP contribution < -0.4 is 20.7 Å². The van der Waals surface area contributed by atoms with E-state index in [1.54, 1.807) is 6.26 Å². The molecule has 0 unspecified atom stereocenters. The number of carboxylic acid groups (broad SMARTS) is 1. The molecule has 0 saturated carbocycles. The van der Waals surface area contributed by atoms with Crippen LogP contribution in [0.3, 0.4) is 0 Å². The summed E-state index contributed by atoms with van der Waals surface area (Å²) in [6.45, 7) is -0.511. The van der Waals surface area contributed by atoms with Crippen molar-refractivity contribution in [3.05, 3.63) is 78.4 Å². The maximum absolute atomic E-state index is 15.0. The minimum absolute atomic E-state index is 0.00457. The second kappa shape index (κ2) is 9.50. The zero-order valence-corrected chi connectivity index (χ0v) is 19.6. The maximum atomic E-state index is 15.0. The number of hydrogen-bond acceptors (Lipinski definition) is 7. The number of carbonyl (C=O) groups is 1. The Morgan fingerprint density at radius 3 is 2.57 bits per heavy atom. The molecule has 0 radical (unpaired) electrons. The van der Waals surface area contributed by atoms with Crippen LogP contribution in [0.5, 0.6) is 11.5 Å². The smallest absolute Gasteiger partial charge is 0.346 e. The minimum Gasteiger partial charge on any atom is -0.496 e. The molecule has 0 bridgehead atoms. The average Bonchev–Trinajstić information content (AvgIpc) is 3.25. The third-order valence-electron chi connectivity index (χ3n) is 5.07. The summed E-state index contributed by atoms with van der Waals surface area (Å²) in [6.07, 6.45) is 1.61. The molecule has 2 aromatic carbocycles. The van der Waals surface area contributed by atoms with Gasteiger partial charge < -0.3 is 19.6 Å². The third kappa shape index (κ3) is 4.28. The molecule has 0 aliphatic heterocycles. The molecule has 0 atom stereocenters. The maximum Gasteiger partial charge on any atom is 0.346 e. The fourth-order valence-electron chi connectivity index (χ4n) is 3.43. The molecule has 35 heavy (non-hydrogen) atoms. The van der Waals surface area contributed by atoms with Gasteiger partial charge in [0.1, 0.15) is 28.8 Å². The van der Waals surface area contributed by atoms with E-state index in [4.69, 9.17) is 9.47 Å². The van der Waals surface area contributed by atoms with E-state index in [0.29, 0.717) is 4.57 Å². The Morgan fingerprint density at radius 2 is 1.91 bits per heavy atom. The highest BCUT2D eigenvalue weighted by atomic mass is 32.2. The monoisotopic (exact) mass is 524 g/mol. The fraction of sp³-hybridized carbons (Fsp3) is 0.136. The number of rotatable bonds is 7. The molecule has 182 valence electrons. The molecule has 0 fully saturated rings. The Hall–Kier alpha value is -3.71. The van der Waals surface area contributed by atoms with Gasteiger partial charge in [-0.2, -0.15) is 0 Å². The molecule has 2 N–H and O–H groups in total. The Kier molecular flexibility index (Phi) is 6.63. The first-order valence-electron chi connectivity index (χ1n) is 9.69. The van der Waals surface area contributed by atoms with Crippen molar-refractivity contribution in [2.24, 2.45) is 0 Å². The number of hydrogen-bond donors (Lipinski definition) is 2. The summed E-state index contributed by atoms with van der Waals surface area (Å²) in [6, 6.07) is 4.18. The van der Waals surface area contributed by atoms with E-state index in [9.17, 15) is 28.3 Å². The van der Waals surface area contributed by atoms with Gasteiger partial charge in [-0.05, 0) is 24.5 Å². The van der Waals surface area contributed by atoms with E-state index in [1.165, 1.54) is 18.6 Å². The van der Waals surface area contributed by atoms with Crippen LogP contribution >= 0.6 is 23.1 Å². The number of ether oxygens (including phenoxy) is 2. The van der Waals surface area contributed by atoms with Crippen LogP contribution in [-0.2, 0) is 6.61 Å². The van der Waals surface area contributed by atoms with Gasteiger partial charge in [0.2, 0.25) is 0 Å². The van der Waals surface area contributed by atoms with E-state index < -0.39 is 47.0 Å². The van der Waals surface area contributed by atoms with E-state index >= 15 is 4.39 Å². The molecule has 2 aromatic heterocycles. The van der Waals surface area contributed by atoms with Crippen molar-refractivity contribution in [2.45, 2.75) is 11.5 Å². The van der Waals surface area contributed by atoms with Crippen LogP contribution in [0.2, 0.25) is 0 Å². The lowest BCUT2D eigenvalue weighted by Gasteiger charge is -2.15. The van der Waals surface area contributed by atoms with Gasteiger partial charge in [-0.1, -0.05) is 0 Å². The number of nitrogens with zero attached hydrogens (tertiary/aromatic N) is 1. The average molecular weight is 524 g/mol. The number of methoxy groups -OCH3 is 1. The second-order valence-corrected chi connectivity index (χ2v) is 8.74. The number of halogens is 3. The van der Waals surface area contributed by atoms with Crippen molar-refractivity contribution >= 4 is 40.0 Å². The Labute approximate surface area is 202 Å². The first-order chi connectivity index (χ1) is 16.7. The van der Waals surface area contributed by atoms with Crippen molar-refractivity contribution in [3.8, 4) is 17.2 Å². The summed E-state index contributed by atoms with van der Waals surface area (Å²) in [5, 5.41) is 10.4. The largest absolute Gasteiger partial charge is 0.496 e. The standard InChI is InChI=1S/C22H15F3N2O6S2/c1-32-14-4-3-10(23)18(25)9(14)7-33-15-6-13(11(24)5-16(15)34-2)27-20(28)17-12(26-22(27)31)8-35-19(17)21(29)30/h3-6,8H,7H2,1-2H3,(H,26,31)(H,29,30). The van der Waals surface area contributed by atoms with Crippen LogP contribution in [0, 0.1) is 17.5 Å². The summed E-state index contributed by atoms with van der Waals surface area (Å²) in [5.74, 6) is -4.66. The van der Waals surface area contributed by atoms with Crippen LogP contribution in [0.15, 0.2) is 44.1 Å². The Balaban J connectivity index is 1.86. The highest BCUT2D eigenvalue weighted by molar-refractivity contribution is 7.98. The quantitative estimate of drug-likeness (QED) is 0.349. The zero-order valence-electron chi connectivity index (χ0n) is 18.0. The molecule has 0 amide bonds. The van der Waals surface area contributed by atoms with Crippen molar-refractivity contribution in [1.82, 2.24) is 9.55 Å².